The molecule has 0 aliphatic heterocycles. The number of anilines is 1. The number of amides is 1. The Labute approximate surface area is 120 Å². The van der Waals surface area contributed by atoms with Gasteiger partial charge in [-0.15, -0.1) is 5.10 Å². The van der Waals surface area contributed by atoms with Gasteiger partial charge in [0.15, 0.2) is 0 Å². The number of carbonyl (C=O) groups is 1. The molecule has 2 aromatic rings. The summed E-state index contributed by atoms with van der Waals surface area (Å²) >= 11 is 1.43. The monoisotopic (exact) mass is 287 g/mol. The molecule has 0 radical (unpaired) electrons. The second-order valence-electron chi connectivity index (χ2n) is 4.04. The summed E-state index contributed by atoms with van der Waals surface area (Å²) in [6.07, 6.45) is 0.373. The van der Waals surface area contributed by atoms with Crippen LogP contribution in [0, 0.1) is 18.3 Å². The van der Waals surface area contributed by atoms with Gasteiger partial charge in [-0.05, 0) is 31.2 Å². The number of aromatic amines is 1. The summed E-state index contributed by atoms with van der Waals surface area (Å²) < 4.78 is 0. The fourth-order valence-corrected chi connectivity index (χ4v) is 2.26. The Balaban J connectivity index is 1.76. The van der Waals surface area contributed by atoms with E-state index >= 15 is 0 Å². The zero-order valence-electron chi connectivity index (χ0n) is 10.9. The smallest absolute Gasteiger partial charge is 0.225 e. The average molecular weight is 287 g/mol. The minimum atomic E-state index is -0.0746. The lowest BCUT2D eigenvalue weighted by molar-refractivity contribution is -0.115. The maximum absolute atomic E-state index is 11.7. The number of aryl methyl sites for hydroxylation is 1. The molecule has 0 fully saturated rings. The molecule has 0 aliphatic rings. The number of rotatable bonds is 5. The van der Waals surface area contributed by atoms with Gasteiger partial charge in [-0.2, -0.15) is 5.26 Å². The van der Waals surface area contributed by atoms with Gasteiger partial charge in [0.1, 0.15) is 5.82 Å². The van der Waals surface area contributed by atoms with Gasteiger partial charge in [0, 0.05) is 17.9 Å². The molecule has 0 spiro atoms. The van der Waals surface area contributed by atoms with Gasteiger partial charge in [0.05, 0.1) is 11.6 Å². The number of hydrogen-bond acceptors (Lipinski definition) is 5. The number of H-pyrrole nitrogens is 1. The minimum absolute atomic E-state index is 0.0746. The molecule has 1 aromatic heterocycles. The zero-order chi connectivity index (χ0) is 14.4. The van der Waals surface area contributed by atoms with Crippen molar-refractivity contribution in [3.05, 3.63) is 35.7 Å². The van der Waals surface area contributed by atoms with Crippen LogP contribution >= 0.6 is 11.8 Å². The maximum atomic E-state index is 11.7. The van der Waals surface area contributed by atoms with E-state index in [4.69, 9.17) is 5.26 Å². The number of thioether (sulfide) groups is 1. The first kappa shape index (κ1) is 14.1. The second-order valence-corrected chi connectivity index (χ2v) is 5.10. The number of nitriles is 1. The van der Waals surface area contributed by atoms with Gasteiger partial charge < -0.3 is 5.32 Å². The first-order chi connectivity index (χ1) is 9.67. The molecule has 2 rings (SSSR count). The van der Waals surface area contributed by atoms with Crippen molar-refractivity contribution in [1.29, 1.82) is 5.26 Å². The van der Waals surface area contributed by atoms with Crippen molar-refractivity contribution in [1.82, 2.24) is 15.2 Å². The van der Waals surface area contributed by atoms with Crippen LogP contribution in [0.3, 0.4) is 0 Å². The zero-order valence-corrected chi connectivity index (χ0v) is 11.7. The summed E-state index contributed by atoms with van der Waals surface area (Å²) in [6, 6.07) is 8.78. The van der Waals surface area contributed by atoms with E-state index in [-0.39, 0.29) is 5.91 Å². The van der Waals surface area contributed by atoms with E-state index < -0.39 is 0 Å². The minimum Gasteiger partial charge on any atom is -0.326 e. The van der Waals surface area contributed by atoms with Gasteiger partial charge >= 0.3 is 0 Å². The van der Waals surface area contributed by atoms with Gasteiger partial charge in [-0.25, -0.2) is 4.98 Å². The first-order valence-corrected chi connectivity index (χ1v) is 6.98. The number of aromatic nitrogens is 3. The normalized spacial score (nSPS) is 10.0. The van der Waals surface area contributed by atoms with E-state index in [1.165, 1.54) is 11.8 Å². The quantitative estimate of drug-likeness (QED) is 0.821. The third-order valence-electron chi connectivity index (χ3n) is 2.43. The molecule has 0 bridgehead atoms. The molecule has 0 atom stereocenters. The molecule has 0 aliphatic carbocycles. The van der Waals surface area contributed by atoms with Crippen LogP contribution in [0.1, 0.15) is 17.8 Å². The molecule has 1 amide bonds. The highest BCUT2D eigenvalue weighted by Crippen LogP contribution is 2.14. The van der Waals surface area contributed by atoms with Crippen molar-refractivity contribution < 1.29 is 4.79 Å². The van der Waals surface area contributed by atoms with E-state index in [9.17, 15) is 4.79 Å². The molecule has 7 heteroatoms. The van der Waals surface area contributed by atoms with E-state index in [0.29, 0.717) is 28.6 Å². The lowest BCUT2D eigenvalue weighted by Crippen LogP contribution is -2.12. The number of carbonyl (C=O) groups excluding carboxylic acids is 1. The van der Waals surface area contributed by atoms with E-state index in [1.807, 2.05) is 13.0 Å². The van der Waals surface area contributed by atoms with Crippen LogP contribution in [0.25, 0.3) is 0 Å². The molecule has 1 aromatic carbocycles. The van der Waals surface area contributed by atoms with Gasteiger partial charge in [0.2, 0.25) is 11.1 Å². The largest absolute Gasteiger partial charge is 0.326 e. The molecule has 2 N–H and O–H groups in total. The predicted octanol–water partition coefficient (Wildman–Crippen LogP) is 2.11. The highest BCUT2D eigenvalue weighted by Gasteiger charge is 2.05. The SMILES string of the molecule is Cc1nc(SCCC(=O)Nc2ccc(C#N)cc2)n[nH]1. The van der Waals surface area contributed by atoms with Crippen molar-refractivity contribution in [3.63, 3.8) is 0 Å². The van der Waals surface area contributed by atoms with Crippen LogP contribution in [0.5, 0.6) is 0 Å². The van der Waals surface area contributed by atoms with Crippen LogP contribution in [0.2, 0.25) is 0 Å². The van der Waals surface area contributed by atoms with Crippen LogP contribution in [-0.2, 0) is 4.79 Å². The van der Waals surface area contributed by atoms with E-state index in [0.717, 1.165) is 5.82 Å². The van der Waals surface area contributed by atoms with Crippen LogP contribution < -0.4 is 5.32 Å². The Kier molecular flexibility index (Phi) is 4.74. The fraction of sp³-hybridized carbons (Fsp3) is 0.231. The molecule has 0 saturated carbocycles. The summed E-state index contributed by atoms with van der Waals surface area (Å²) in [5.41, 5.74) is 1.26. The molecule has 20 heavy (non-hydrogen) atoms. The highest BCUT2D eigenvalue weighted by molar-refractivity contribution is 7.99. The van der Waals surface area contributed by atoms with Crippen molar-refractivity contribution >= 4 is 23.4 Å². The van der Waals surface area contributed by atoms with Gasteiger partial charge in [0.25, 0.3) is 0 Å². The number of nitrogens with zero attached hydrogens (tertiary/aromatic N) is 3. The summed E-state index contributed by atoms with van der Waals surface area (Å²) in [4.78, 5) is 15.9. The third kappa shape index (κ3) is 4.10. The molecule has 102 valence electrons. The molecule has 1 heterocycles. The second kappa shape index (κ2) is 6.73. The van der Waals surface area contributed by atoms with Crippen molar-refractivity contribution in [2.24, 2.45) is 0 Å². The predicted molar refractivity (Wildman–Crippen MR) is 76.2 cm³/mol. The molecule has 0 unspecified atom stereocenters. The lowest BCUT2D eigenvalue weighted by Gasteiger charge is -2.04. The van der Waals surface area contributed by atoms with E-state index in [2.05, 4.69) is 20.5 Å². The Morgan fingerprint density at radius 3 is 2.80 bits per heavy atom. The maximum Gasteiger partial charge on any atom is 0.225 e. The first-order valence-electron chi connectivity index (χ1n) is 5.99. The highest BCUT2D eigenvalue weighted by atomic mass is 32.2. The Bertz CT molecular complexity index is 629. The summed E-state index contributed by atoms with van der Waals surface area (Å²) in [6.45, 7) is 1.83. The molecular weight excluding hydrogens is 274 g/mol. The Morgan fingerprint density at radius 1 is 1.45 bits per heavy atom. The number of benzene rings is 1. The molecular formula is C13H13N5OS. The topological polar surface area (TPSA) is 94.5 Å². The van der Waals surface area contributed by atoms with Gasteiger partial charge in [-0.1, -0.05) is 11.8 Å². The molecule has 0 saturated heterocycles. The Morgan fingerprint density at radius 2 is 2.20 bits per heavy atom. The van der Waals surface area contributed by atoms with Gasteiger partial charge in [-0.3, -0.25) is 9.89 Å². The van der Waals surface area contributed by atoms with E-state index in [1.54, 1.807) is 24.3 Å². The lowest BCUT2D eigenvalue weighted by atomic mass is 10.2. The number of hydrogen-bond donors (Lipinski definition) is 2. The summed E-state index contributed by atoms with van der Waals surface area (Å²) in [5.74, 6) is 1.29. The summed E-state index contributed by atoms with van der Waals surface area (Å²) in [7, 11) is 0. The number of nitrogens with one attached hydrogen (secondary N) is 2. The third-order valence-corrected chi connectivity index (χ3v) is 3.28. The standard InChI is InChI=1S/C13H13N5OS/c1-9-15-13(18-17-9)20-7-6-12(19)16-11-4-2-10(8-14)3-5-11/h2-5H,6-7H2,1H3,(H,16,19)(H,15,17,18). The summed E-state index contributed by atoms with van der Waals surface area (Å²) in [5, 5.41) is 18.8. The average Bonchev–Trinajstić information content (AvgIpc) is 2.85. The van der Waals surface area contributed by atoms with Crippen molar-refractivity contribution in [2.45, 2.75) is 18.5 Å². The van der Waals surface area contributed by atoms with Crippen molar-refractivity contribution in [3.8, 4) is 6.07 Å². The van der Waals surface area contributed by atoms with Crippen LogP contribution in [-0.4, -0.2) is 26.8 Å². The van der Waals surface area contributed by atoms with Crippen molar-refractivity contribution in [2.75, 3.05) is 11.1 Å². The fourth-order valence-electron chi connectivity index (χ4n) is 1.47. The van der Waals surface area contributed by atoms with Crippen LogP contribution in [0.4, 0.5) is 5.69 Å². The van der Waals surface area contributed by atoms with Crippen LogP contribution in [0.15, 0.2) is 29.4 Å². The Hall–Kier alpha value is -2.33. The molecule has 6 nitrogen and oxygen atoms in total.